The zero-order valence-corrected chi connectivity index (χ0v) is 21.1. The van der Waals surface area contributed by atoms with Crippen molar-refractivity contribution >= 4 is 29.2 Å². The molecule has 5 nitrogen and oxygen atoms in total. The van der Waals surface area contributed by atoms with Gasteiger partial charge in [-0.3, -0.25) is 9.69 Å². The van der Waals surface area contributed by atoms with Crippen molar-refractivity contribution in [2.45, 2.75) is 32.4 Å². The molecule has 1 N–H and O–H groups in total. The van der Waals surface area contributed by atoms with Crippen LogP contribution in [0, 0.1) is 5.92 Å². The van der Waals surface area contributed by atoms with Crippen molar-refractivity contribution in [3.8, 4) is 11.5 Å². The fourth-order valence-corrected chi connectivity index (χ4v) is 4.95. The lowest BCUT2D eigenvalue weighted by atomic mass is 9.91. The lowest BCUT2D eigenvalue weighted by Gasteiger charge is -2.37. The van der Waals surface area contributed by atoms with E-state index in [9.17, 15) is 9.90 Å². The highest BCUT2D eigenvalue weighted by Crippen LogP contribution is 2.41. The Balaban J connectivity index is 1.67. The summed E-state index contributed by atoms with van der Waals surface area (Å²) in [6, 6.07) is 21.4. The normalized spacial score (nSPS) is 15.5. The van der Waals surface area contributed by atoms with Crippen LogP contribution in [-0.4, -0.2) is 35.7 Å². The van der Waals surface area contributed by atoms with Crippen LogP contribution < -0.4 is 9.47 Å². The van der Waals surface area contributed by atoms with Gasteiger partial charge in [-0.05, 0) is 67.7 Å². The number of halogens is 2. The SMILES string of the molecule is CCOc1cc(C(c2cccc(Cl)c2Cl)N2CCC(C(=O)O)CC2)ccc1OCc1ccccc1. The van der Waals surface area contributed by atoms with Crippen LogP contribution in [0.5, 0.6) is 11.5 Å². The van der Waals surface area contributed by atoms with Crippen molar-refractivity contribution in [1.29, 1.82) is 0 Å². The first-order valence-corrected chi connectivity index (χ1v) is 12.6. The first-order chi connectivity index (χ1) is 17.0. The van der Waals surface area contributed by atoms with Crippen molar-refractivity contribution in [2.75, 3.05) is 19.7 Å². The van der Waals surface area contributed by atoms with Crippen LogP contribution in [0.4, 0.5) is 0 Å². The predicted molar refractivity (Wildman–Crippen MR) is 139 cm³/mol. The van der Waals surface area contributed by atoms with Gasteiger partial charge in [0.25, 0.3) is 0 Å². The molecule has 1 unspecified atom stereocenters. The number of hydrogen-bond acceptors (Lipinski definition) is 4. The van der Waals surface area contributed by atoms with E-state index in [4.69, 9.17) is 32.7 Å². The van der Waals surface area contributed by atoms with Gasteiger partial charge in [0.15, 0.2) is 11.5 Å². The Kier molecular flexibility index (Phi) is 8.55. The summed E-state index contributed by atoms with van der Waals surface area (Å²) in [7, 11) is 0. The molecule has 0 aromatic heterocycles. The van der Waals surface area contributed by atoms with Crippen molar-refractivity contribution in [3.63, 3.8) is 0 Å². The molecular weight excluding hydrogens is 485 g/mol. The average Bonchev–Trinajstić information content (AvgIpc) is 2.87. The van der Waals surface area contributed by atoms with E-state index in [1.165, 1.54) is 0 Å². The molecule has 3 aromatic rings. The van der Waals surface area contributed by atoms with Crippen LogP contribution in [0.1, 0.15) is 42.5 Å². The standard InChI is InChI=1S/C28H29Cl2NO4/c1-2-34-25-17-21(11-12-24(25)35-18-19-7-4-3-5-8-19)27(22-9-6-10-23(29)26(22)30)31-15-13-20(14-16-31)28(32)33/h3-12,17,20,27H,2,13-16,18H2,1H3,(H,32,33). The molecule has 0 radical (unpaired) electrons. The molecule has 1 saturated heterocycles. The second-order valence-corrected chi connectivity index (χ2v) is 9.39. The largest absolute Gasteiger partial charge is 0.490 e. The molecule has 1 fully saturated rings. The van der Waals surface area contributed by atoms with Gasteiger partial charge >= 0.3 is 5.97 Å². The van der Waals surface area contributed by atoms with Crippen LogP contribution in [0.15, 0.2) is 66.7 Å². The molecule has 0 bridgehead atoms. The van der Waals surface area contributed by atoms with Crippen molar-refractivity contribution in [1.82, 2.24) is 4.90 Å². The molecule has 4 rings (SSSR count). The summed E-state index contributed by atoms with van der Waals surface area (Å²) in [5.41, 5.74) is 2.94. The van der Waals surface area contributed by atoms with Gasteiger partial charge < -0.3 is 14.6 Å². The Morgan fingerprint density at radius 3 is 2.43 bits per heavy atom. The first kappa shape index (κ1) is 25.4. The summed E-state index contributed by atoms with van der Waals surface area (Å²) >= 11 is 13.1. The van der Waals surface area contributed by atoms with E-state index >= 15 is 0 Å². The smallest absolute Gasteiger partial charge is 0.306 e. The number of carboxylic acids is 1. The summed E-state index contributed by atoms with van der Waals surface area (Å²) in [5, 5.41) is 10.4. The van der Waals surface area contributed by atoms with Gasteiger partial charge in [-0.1, -0.05) is 71.7 Å². The molecular formula is C28H29Cl2NO4. The molecule has 1 aliphatic rings. The fraction of sp³-hybridized carbons (Fsp3) is 0.321. The third-order valence-electron chi connectivity index (χ3n) is 6.34. The zero-order chi connectivity index (χ0) is 24.8. The van der Waals surface area contributed by atoms with Gasteiger partial charge in [0.1, 0.15) is 6.61 Å². The summed E-state index contributed by atoms with van der Waals surface area (Å²) in [4.78, 5) is 13.8. The second kappa shape index (κ2) is 11.8. The average molecular weight is 514 g/mol. The van der Waals surface area contributed by atoms with Crippen LogP contribution in [0.3, 0.4) is 0 Å². The van der Waals surface area contributed by atoms with E-state index < -0.39 is 5.97 Å². The Hall–Kier alpha value is -2.73. The minimum atomic E-state index is -0.736. The number of likely N-dealkylation sites (tertiary alicyclic amines) is 1. The third kappa shape index (κ3) is 6.10. The van der Waals surface area contributed by atoms with E-state index in [1.54, 1.807) is 6.07 Å². The Morgan fingerprint density at radius 2 is 1.74 bits per heavy atom. The Bertz CT molecular complexity index is 1150. The quantitative estimate of drug-likeness (QED) is 0.338. The molecule has 1 aliphatic heterocycles. The zero-order valence-electron chi connectivity index (χ0n) is 19.6. The van der Waals surface area contributed by atoms with E-state index in [0.717, 1.165) is 16.7 Å². The lowest BCUT2D eigenvalue weighted by molar-refractivity contribution is -0.143. The fourth-order valence-electron chi connectivity index (χ4n) is 4.54. The van der Waals surface area contributed by atoms with E-state index in [0.29, 0.717) is 60.7 Å². The molecule has 0 saturated carbocycles. The third-order valence-corrected chi connectivity index (χ3v) is 7.17. The molecule has 0 amide bonds. The number of aliphatic carboxylic acids is 1. The van der Waals surface area contributed by atoms with Crippen LogP contribution in [0.25, 0.3) is 0 Å². The maximum atomic E-state index is 11.5. The Labute approximate surface area is 216 Å². The number of hydrogen-bond donors (Lipinski definition) is 1. The summed E-state index contributed by atoms with van der Waals surface area (Å²) in [6.07, 6.45) is 1.17. The van der Waals surface area contributed by atoms with Crippen molar-refractivity contribution < 1.29 is 19.4 Å². The number of ether oxygens (including phenoxy) is 2. The predicted octanol–water partition coefficient (Wildman–Crippen LogP) is 6.86. The number of carbonyl (C=O) groups is 1. The number of carboxylic acid groups (broad SMARTS) is 1. The molecule has 7 heteroatoms. The van der Waals surface area contributed by atoms with Crippen LogP contribution in [-0.2, 0) is 11.4 Å². The summed E-state index contributed by atoms with van der Waals surface area (Å²) in [5.74, 6) is 0.263. The molecule has 0 aliphatic carbocycles. The summed E-state index contributed by atoms with van der Waals surface area (Å²) in [6.45, 7) is 4.15. The highest BCUT2D eigenvalue weighted by Gasteiger charge is 2.32. The number of benzene rings is 3. The van der Waals surface area contributed by atoms with E-state index in [2.05, 4.69) is 4.90 Å². The maximum absolute atomic E-state index is 11.5. The van der Waals surface area contributed by atoms with Gasteiger partial charge in [0.2, 0.25) is 0 Å². The minimum absolute atomic E-state index is 0.196. The monoisotopic (exact) mass is 513 g/mol. The molecule has 0 spiro atoms. The van der Waals surface area contributed by atoms with Gasteiger partial charge in [0.05, 0.1) is 28.6 Å². The first-order valence-electron chi connectivity index (χ1n) is 11.8. The van der Waals surface area contributed by atoms with Gasteiger partial charge in [0, 0.05) is 0 Å². The van der Waals surface area contributed by atoms with Crippen molar-refractivity contribution in [2.24, 2.45) is 5.92 Å². The maximum Gasteiger partial charge on any atom is 0.306 e. The highest BCUT2D eigenvalue weighted by atomic mass is 35.5. The number of rotatable bonds is 9. The minimum Gasteiger partial charge on any atom is -0.490 e. The second-order valence-electron chi connectivity index (χ2n) is 8.61. The molecule has 3 aromatic carbocycles. The molecule has 1 heterocycles. The Morgan fingerprint density at radius 1 is 1.00 bits per heavy atom. The van der Waals surface area contributed by atoms with Gasteiger partial charge in [-0.2, -0.15) is 0 Å². The molecule has 35 heavy (non-hydrogen) atoms. The van der Waals surface area contributed by atoms with Gasteiger partial charge in [-0.15, -0.1) is 0 Å². The number of piperidine rings is 1. The number of nitrogens with zero attached hydrogens (tertiary/aromatic N) is 1. The summed E-state index contributed by atoms with van der Waals surface area (Å²) < 4.78 is 12.1. The molecule has 1 atom stereocenters. The highest BCUT2D eigenvalue weighted by molar-refractivity contribution is 6.42. The topological polar surface area (TPSA) is 59.0 Å². The van der Waals surface area contributed by atoms with Crippen molar-refractivity contribution in [3.05, 3.63) is 93.5 Å². The van der Waals surface area contributed by atoms with Gasteiger partial charge in [-0.25, -0.2) is 0 Å². The lowest BCUT2D eigenvalue weighted by Crippen LogP contribution is -2.39. The van der Waals surface area contributed by atoms with E-state index in [1.807, 2.05) is 67.6 Å². The molecule has 184 valence electrons. The van der Waals surface area contributed by atoms with E-state index in [-0.39, 0.29) is 12.0 Å². The van der Waals surface area contributed by atoms with Crippen LogP contribution >= 0.6 is 23.2 Å². The van der Waals surface area contributed by atoms with Crippen LogP contribution in [0.2, 0.25) is 10.0 Å².